The van der Waals surface area contributed by atoms with E-state index >= 15 is 0 Å². The molecule has 1 amide bonds. The zero-order valence-electron chi connectivity index (χ0n) is 16.7. The quantitative estimate of drug-likeness (QED) is 0.817. The maximum atomic E-state index is 13.1. The molecule has 0 saturated carbocycles. The molecule has 2 aromatic rings. The molecule has 154 valence electrons. The number of fused-ring (bicyclic) bond motifs is 1. The Kier molecular flexibility index (Phi) is 5.26. The lowest BCUT2D eigenvalue weighted by Gasteiger charge is -2.34. The number of carbonyl (C=O) groups is 1. The molecule has 0 unspecified atom stereocenters. The fourth-order valence-electron chi connectivity index (χ4n) is 3.99. The Labute approximate surface area is 171 Å². The van der Waals surface area contributed by atoms with Crippen LogP contribution in [0.1, 0.15) is 30.2 Å². The first-order valence-electron chi connectivity index (χ1n) is 9.83. The maximum Gasteiger partial charge on any atom is 0.243 e. The lowest BCUT2D eigenvalue weighted by atomic mass is 10.2. The molecule has 29 heavy (non-hydrogen) atoms. The van der Waals surface area contributed by atoms with E-state index < -0.39 is 10.0 Å². The zero-order chi connectivity index (χ0) is 20.6. The Hall–Kier alpha value is -2.52. The minimum atomic E-state index is -3.60. The molecular formula is C20H25N5O3S. The number of nitrogens with one attached hydrogen (secondary N) is 1. The SMILES string of the molecule is CC(=O)Nc1ccc(S(=O)(=O)N2CCN(c3cc4c(nn3)CCC4)CC2)c(C)c1. The van der Waals surface area contributed by atoms with E-state index in [0.717, 1.165) is 30.8 Å². The number of hydrogen-bond donors (Lipinski definition) is 1. The van der Waals surface area contributed by atoms with Crippen LogP contribution in [0, 0.1) is 6.92 Å². The van der Waals surface area contributed by atoms with E-state index in [1.54, 1.807) is 25.1 Å². The summed E-state index contributed by atoms with van der Waals surface area (Å²) in [5, 5.41) is 11.4. The first kappa shape index (κ1) is 19.8. The molecule has 1 aliphatic heterocycles. The van der Waals surface area contributed by atoms with Crippen molar-refractivity contribution >= 4 is 27.4 Å². The van der Waals surface area contributed by atoms with Crippen LogP contribution in [0.15, 0.2) is 29.2 Å². The maximum absolute atomic E-state index is 13.1. The molecule has 1 aromatic heterocycles. The predicted octanol–water partition coefficient (Wildman–Crippen LogP) is 1.74. The summed E-state index contributed by atoms with van der Waals surface area (Å²) >= 11 is 0. The van der Waals surface area contributed by atoms with Crippen LogP contribution in [0.4, 0.5) is 11.5 Å². The third-order valence-corrected chi connectivity index (χ3v) is 7.54. The van der Waals surface area contributed by atoms with Crippen LogP contribution in [0.25, 0.3) is 0 Å². The minimum absolute atomic E-state index is 0.189. The Bertz CT molecular complexity index is 1050. The number of aryl methyl sites for hydroxylation is 3. The lowest BCUT2D eigenvalue weighted by molar-refractivity contribution is -0.114. The first-order chi connectivity index (χ1) is 13.8. The van der Waals surface area contributed by atoms with Gasteiger partial charge in [-0.05, 0) is 61.6 Å². The monoisotopic (exact) mass is 415 g/mol. The predicted molar refractivity (Wildman–Crippen MR) is 111 cm³/mol. The van der Waals surface area contributed by atoms with E-state index in [4.69, 9.17) is 0 Å². The molecule has 0 atom stereocenters. The highest BCUT2D eigenvalue weighted by Gasteiger charge is 2.30. The largest absolute Gasteiger partial charge is 0.352 e. The third kappa shape index (κ3) is 3.97. The van der Waals surface area contributed by atoms with Gasteiger partial charge >= 0.3 is 0 Å². The molecule has 1 saturated heterocycles. The summed E-state index contributed by atoms with van der Waals surface area (Å²) in [6.45, 7) is 5.12. The van der Waals surface area contributed by atoms with Gasteiger partial charge in [-0.2, -0.15) is 9.40 Å². The number of rotatable bonds is 4. The van der Waals surface area contributed by atoms with Crippen LogP contribution in [0.2, 0.25) is 0 Å². The van der Waals surface area contributed by atoms with Crippen molar-refractivity contribution in [3.05, 3.63) is 41.1 Å². The number of nitrogens with zero attached hydrogens (tertiary/aromatic N) is 4. The molecular weight excluding hydrogens is 390 g/mol. The number of sulfonamides is 1. The van der Waals surface area contributed by atoms with E-state index in [9.17, 15) is 13.2 Å². The molecule has 0 bridgehead atoms. The van der Waals surface area contributed by atoms with Crippen LogP contribution in [0.5, 0.6) is 0 Å². The molecule has 1 aliphatic carbocycles. The van der Waals surface area contributed by atoms with E-state index in [-0.39, 0.29) is 10.8 Å². The number of anilines is 2. The van der Waals surface area contributed by atoms with Gasteiger partial charge in [-0.15, -0.1) is 5.10 Å². The molecule has 9 heteroatoms. The second-order valence-electron chi connectivity index (χ2n) is 7.58. The Morgan fingerprint density at radius 1 is 1.07 bits per heavy atom. The molecule has 4 rings (SSSR count). The van der Waals surface area contributed by atoms with E-state index in [2.05, 4.69) is 26.5 Å². The highest BCUT2D eigenvalue weighted by Crippen LogP contribution is 2.26. The first-order valence-corrected chi connectivity index (χ1v) is 11.3. The van der Waals surface area contributed by atoms with Gasteiger partial charge in [0.15, 0.2) is 5.82 Å². The summed E-state index contributed by atoms with van der Waals surface area (Å²) in [5.74, 6) is 0.643. The van der Waals surface area contributed by atoms with Crippen LogP contribution in [-0.4, -0.2) is 55.0 Å². The second-order valence-corrected chi connectivity index (χ2v) is 9.49. The lowest BCUT2D eigenvalue weighted by Crippen LogP contribution is -2.49. The van der Waals surface area contributed by atoms with Crippen molar-refractivity contribution in [2.75, 3.05) is 36.4 Å². The standard InChI is InChI=1S/C20H25N5O3S/c1-14-12-17(21-15(2)26)6-7-19(14)29(27,28)25-10-8-24(9-11-25)20-13-16-4-3-5-18(16)22-23-20/h6-7,12-13H,3-5,8-11H2,1-2H3,(H,21,26). The van der Waals surface area contributed by atoms with Gasteiger partial charge < -0.3 is 10.2 Å². The molecule has 0 radical (unpaired) electrons. The number of benzene rings is 1. The van der Waals surface area contributed by atoms with Gasteiger partial charge in [0.05, 0.1) is 10.6 Å². The van der Waals surface area contributed by atoms with E-state index in [1.165, 1.54) is 16.8 Å². The minimum Gasteiger partial charge on any atom is -0.352 e. The number of aromatic nitrogens is 2. The van der Waals surface area contributed by atoms with Gasteiger partial charge in [-0.25, -0.2) is 8.42 Å². The summed E-state index contributed by atoms with van der Waals surface area (Å²) < 4.78 is 27.8. The number of piperazine rings is 1. The average Bonchev–Trinajstić information content (AvgIpc) is 3.15. The number of amides is 1. The van der Waals surface area contributed by atoms with Crippen molar-refractivity contribution in [3.63, 3.8) is 0 Å². The molecule has 1 N–H and O–H groups in total. The topological polar surface area (TPSA) is 95.5 Å². The molecule has 2 aliphatic rings. The van der Waals surface area contributed by atoms with Crippen molar-refractivity contribution in [2.45, 2.75) is 38.0 Å². The molecule has 2 heterocycles. The second kappa shape index (κ2) is 7.72. The Balaban J connectivity index is 1.47. The average molecular weight is 416 g/mol. The zero-order valence-corrected chi connectivity index (χ0v) is 17.5. The van der Waals surface area contributed by atoms with Crippen molar-refractivity contribution in [1.29, 1.82) is 0 Å². The summed E-state index contributed by atoms with van der Waals surface area (Å²) in [4.78, 5) is 13.6. The summed E-state index contributed by atoms with van der Waals surface area (Å²) in [7, 11) is -3.60. The fourth-order valence-corrected chi connectivity index (χ4v) is 5.62. The van der Waals surface area contributed by atoms with Crippen LogP contribution >= 0.6 is 0 Å². The molecule has 8 nitrogen and oxygen atoms in total. The van der Waals surface area contributed by atoms with Gasteiger partial charge in [0.2, 0.25) is 15.9 Å². The number of carbonyl (C=O) groups excluding carboxylic acids is 1. The van der Waals surface area contributed by atoms with E-state index in [1.807, 2.05) is 0 Å². The summed E-state index contributed by atoms with van der Waals surface area (Å²) in [5.41, 5.74) is 3.56. The smallest absolute Gasteiger partial charge is 0.243 e. The van der Waals surface area contributed by atoms with E-state index in [0.29, 0.717) is 37.4 Å². The Morgan fingerprint density at radius 2 is 1.83 bits per heavy atom. The van der Waals surface area contributed by atoms with Crippen molar-refractivity contribution in [1.82, 2.24) is 14.5 Å². The van der Waals surface area contributed by atoms with Gasteiger partial charge in [-0.1, -0.05) is 0 Å². The number of hydrogen-bond acceptors (Lipinski definition) is 6. The summed E-state index contributed by atoms with van der Waals surface area (Å²) in [6, 6.07) is 6.97. The highest BCUT2D eigenvalue weighted by atomic mass is 32.2. The van der Waals surface area contributed by atoms with Gasteiger partial charge in [-0.3, -0.25) is 4.79 Å². The normalized spacial score (nSPS) is 17.2. The van der Waals surface area contributed by atoms with Gasteiger partial charge in [0.1, 0.15) is 0 Å². The highest BCUT2D eigenvalue weighted by molar-refractivity contribution is 7.89. The summed E-state index contributed by atoms with van der Waals surface area (Å²) in [6.07, 6.45) is 3.16. The van der Waals surface area contributed by atoms with Crippen molar-refractivity contribution in [2.24, 2.45) is 0 Å². The van der Waals surface area contributed by atoms with Gasteiger partial charge in [0.25, 0.3) is 0 Å². The van der Waals surface area contributed by atoms with Crippen molar-refractivity contribution < 1.29 is 13.2 Å². The van der Waals surface area contributed by atoms with Crippen molar-refractivity contribution in [3.8, 4) is 0 Å². The van der Waals surface area contributed by atoms with Gasteiger partial charge in [0, 0.05) is 38.8 Å². The fraction of sp³-hybridized carbons (Fsp3) is 0.450. The molecule has 0 spiro atoms. The van der Waals surface area contributed by atoms with Crippen LogP contribution in [-0.2, 0) is 27.7 Å². The Morgan fingerprint density at radius 3 is 2.52 bits per heavy atom. The van der Waals surface area contributed by atoms with Crippen LogP contribution in [0.3, 0.4) is 0 Å². The molecule has 1 aromatic carbocycles. The third-order valence-electron chi connectivity index (χ3n) is 5.48. The van der Waals surface area contributed by atoms with Crippen LogP contribution < -0.4 is 10.2 Å². The molecule has 1 fully saturated rings.